The fraction of sp³-hybridized carbons (Fsp3) is 1.00. The topological polar surface area (TPSA) is 140 Å². The van der Waals surface area contributed by atoms with E-state index in [9.17, 15) is 15.3 Å². The molecule has 0 amide bonds. The highest BCUT2D eigenvalue weighted by atomic mass is 16.7. The van der Waals surface area contributed by atoms with E-state index in [0.29, 0.717) is 0 Å². The van der Waals surface area contributed by atoms with Gasteiger partial charge in [0.1, 0.15) is 30.5 Å². The maximum absolute atomic E-state index is 9.52. The summed E-state index contributed by atoms with van der Waals surface area (Å²) < 4.78 is 9.93. The molecule has 0 aliphatic carbocycles. The molecule has 1 saturated heterocycles. The Morgan fingerprint density at radius 1 is 1.06 bits per heavy atom. The number of hydrogen-bond donors (Lipinski definition) is 6. The van der Waals surface area contributed by atoms with Crippen molar-refractivity contribution in [3.8, 4) is 0 Å². The molecule has 8 nitrogen and oxygen atoms in total. The van der Waals surface area contributed by atoms with E-state index >= 15 is 0 Å². The molecule has 8 heteroatoms. The summed E-state index contributed by atoms with van der Waals surface area (Å²) in [6.07, 6.45) is -7.94. The molecule has 0 spiro atoms. The Kier molecular flexibility index (Phi) is 5.70. The minimum Gasteiger partial charge on any atom is -0.394 e. The molecule has 102 valence electrons. The SMILES string of the molecule is OC[C@H](O)COC1O[C@H](CO)[C@H](O)[C@H](O)[C@@H]1O. The molecule has 17 heavy (non-hydrogen) atoms. The van der Waals surface area contributed by atoms with E-state index in [4.69, 9.17) is 24.8 Å². The van der Waals surface area contributed by atoms with Gasteiger partial charge in [-0.15, -0.1) is 0 Å². The van der Waals surface area contributed by atoms with Gasteiger partial charge in [0.15, 0.2) is 6.29 Å². The van der Waals surface area contributed by atoms with Crippen molar-refractivity contribution in [2.45, 2.75) is 36.8 Å². The standard InChI is InChI=1S/C9H18O8/c10-1-4(12)3-16-9-8(15)7(14)6(13)5(2-11)17-9/h4-15H,1-3H2/t4-,5+,6-,7-,8-,9?/m0/s1. The Labute approximate surface area is 97.6 Å². The van der Waals surface area contributed by atoms with Gasteiger partial charge in [-0.1, -0.05) is 0 Å². The minimum absolute atomic E-state index is 0.306. The number of hydrogen-bond acceptors (Lipinski definition) is 8. The first-order valence-electron chi connectivity index (χ1n) is 5.22. The van der Waals surface area contributed by atoms with Crippen LogP contribution in [0, 0.1) is 0 Å². The molecule has 1 rings (SSSR count). The van der Waals surface area contributed by atoms with Crippen molar-refractivity contribution < 1.29 is 40.1 Å². The van der Waals surface area contributed by atoms with Crippen molar-refractivity contribution >= 4 is 0 Å². The van der Waals surface area contributed by atoms with Crippen molar-refractivity contribution in [1.82, 2.24) is 0 Å². The van der Waals surface area contributed by atoms with Gasteiger partial charge in [-0.05, 0) is 0 Å². The predicted octanol–water partition coefficient (Wildman–Crippen LogP) is -3.84. The zero-order chi connectivity index (χ0) is 13.0. The average molecular weight is 254 g/mol. The fourth-order valence-corrected chi connectivity index (χ4v) is 1.46. The minimum atomic E-state index is -1.52. The lowest BCUT2D eigenvalue weighted by Crippen LogP contribution is -2.59. The quantitative estimate of drug-likeness (QED) is 0.293. The second-order valence-corrected chi connectivity index (χ2v) is 3.87. The summed E-state index contributed by atoms with van der Waals surface area (Å²) in [5.41, 5.74) is 0. The summed E-state index contributed by atoms with van der Waals surface area (Å²) in [6.45, 7) is -1.37. The van der Waals surface area contributed by atoms with Crippen LogP contribution in [0.1, 0.15) is 0 Å². The zero-order valence-electron chi connectivity index (χ0n) is 9.09. The van der Waals surface area contributed by atoms with Crippen LogP contribution in [0.25, 0.3) is 0 Å². The third-order valence-corrected chi connectivity index (χ3v) is 2.51. The van der Waals surface area contributed by atoms with Crippen molar-refractivity contribution in [3.63, 3.8) is 0 Å². The highest BCUT2D eigenvalue weighted by molar-refractivity contribution is 4.88. The molecule has 0 aromatic rings. The highest BCUT2D eigenvalue weighted by Crippen LogP contribution is 2.21. The highest BCUT2D eigenvalue weighted by Gasteiger charge is 2.44. The number of aliphatic hydroxyl groups excluding tert-OH is 6. The van der Waals surface area contributed by atoms with E-state index in [1.54, 1.807) is 0 Å². The molecule has 0 radical (unpaired) electrons. The van der Waals surface area contributed by atoms with Gasteiger partial charge < -0.3 is 40.1 Å². The first-order chi connectivity index (χ1) is 8.01. The lowest BCUT2D eigenvalue weighted by molar-refractivity contribution is -0.304. The van der Waals surface area contributed by atoms with Gasteiger partial charge in [0.05, 0.1) is 19.8 Å². The molecular weight excluding hydrogens is 236 g/mol. The van der Waals surface area contributed by atoms with Gasteiger partial charge in [0.25, 0.3) is 0 Å². The first kappa shape index (κ1) is 14.7. The monoisotopic (exact) mass is 254 g/mol. The van der Waals surface area contributed by atoms with Gasteiger partial charge in [0, 0.05) is 0 Å². The van der Waals surface area contributed by atoms with Gasteiger partial charge in [-0.3, -0.25) is 0 Å². The van der Waals surface area contributed by atoms with Crippen LogP contribution in [0.5, 0.6) is 0 Å². The van der Waals surface area contributed by atoms with Crippen LogP contribution in [-0.2, 0) is 9.47 Å². The van der Waals surface area contributed by atoms with E-state index in [2.05, 4.69) is 0 Å². The Balaban J connectivity index is 2.53. The Morgan fingerprint density at radius 2 is 1.71 bits per heavy atom. The van der Waals surface area contributed by atoms with Crippen LogP contribution in [0.15, 0.2) is 0 Å². The van der Waals surface area contributed by atoms with Crippen LogP contribution in [0.4, 0.5) is 0 Å². The summed E-state index contributed by atoms with van der Waals surface area (Å²) >= 11 is 0. The molecule has 0 aromatic carbocycles. The number of ether oxygens (including phenoxy) is 2. The van der Waals surface area contributed by atoms with E-state index in [-0.39, 0.29) is 6.61 Å². The van der Waals surface area contributed by atoms with E-state index in [0.717, 1.165) is 0 Å². The predicted molar refractivity (Wildman–Crippen MR) is 52.8 cm³/mol. The number of aliphatic hydroxyl groups is 6. The lowest BCUT2D eigenvalue weighted by Gasteiger charge is -2.39. The second-order valence-electron chi connectivity index (χ2n) is 3.87. The maximum Gasteiger partial charge on any atom is 0.186 e. The van der Waals surface area contributed by atoms with E-state index in [1.807, 2.05) is 0 Å². The molecule has 0 bridgehead atoms. The molecular formula is C9H18O8. The number of rotatable bonds is 5. The normalized spacial score (nSPS) is 40.2. The fourth-order valence-electron chi connectivity index (χ4n) is 1.46. The van der Waals surface area contributed by atoms with Gasteiger partial charge in [0.2, 0.25) is 0 Å². The van der Waals surface area contributed by atoms with Crippen LogP contribution in [0.3, 0.4) is 0 Å². The lowest BCUT2D eigenvalue weighted by atomic mass is 9.99. The summed E-state index contributed by atoms with van der Waals surface area (Å²) in [5.74, 6) is 0. The van der Waals surface area contributed by atoms with Crippen LogP contribution in [-0.4, -0.2) is 87.3 Å². The molecule has 6 N–H and O–H groups in total. The largest absolute Gasteiger partial charge is 0.394 e. The Hall–Kier alpha value is -0.320. The molecule has 0 aromatic heterocycles. The van der Waals surface area contributed by atoms with E-state index < -0.39 is 50.0 Å². The maximum atomic E-state index is 9.52. The molecule has 0 saturated carbocycles. The van der Waals surface area contributed by atoms with Crippen molar-refractivity contribution in [2.75, 3.05) is 19.8 Å². The van der Waals surface area contributed by atoms with Crippen molar-refractivity contribution in [1.29, 1.82) is 0 Å². The summed E-state index contributed by atoms with van der Waals surface area (Å²) in [6, 6.07) is 0. The molecule has 1 unspecified atom stereocenters. The first-order valence-corrected chi connectivity index (χ1v) is 5.22. The molecule has 6 atom stereocenters. The van der Waals surface area contributed by atoms with Crippen molar-refractivity contribution in [3.05, 3.63) is 0 Å². The second kappa shape index (κ2) is 6.57. The zero-order valence-corrected chi connectivity index (χ0v) is 9.09. The average Bonchev–Trinajstić information content (AvgIpc) is 2.34. The molecule has 1 fully saturated rings. The third-order valence-electron chi connectivity index (χ3n) is 2.51. The van der Waals surface area contributed by atoms with E-state index in [1.165, 1.54) is 0 Å². The van der Waals surface area contributed by atoms with Crippen LogP contribution < -0.4 is 0 Å². The summed E-state index contributed by atoms with van der Waals surface area (Å²) in [5, 5.41) is 54.9. The van der Waals surface area contributed by atoms with Gasteiger partial charge in [-0.25, -0.2) is 0 Å². The summed E-state index contributed by atoms with van der Waals surface area (Å²) in [7, 11) is 0. The third kappa shape index (κ3) is 3.57. The van der Waals surface area contributed by atoms with Gasteiger partial charge >= 0.3 is 0 Å². The Morgan fingerprint density at radius 3 is 2.24 bits per heavy atom. The van der Waals surface area contributed by atoms with Crippen LogP contribution in [0.2, 0.25) is 0 Å². The molecule has 1 aliphatic rings. The smallest absolute Gasteiger partial charge is 0.186 e. The van der Waals surface area contributed by atoms with Crippen molar-refractivity contribution in [2.24, 2.45) is 0 Å². The van der Waals surface area contributed by atoms with Crippen LogP contribution >= 0.6 is 0 Å². The molecule has 1 aliphatic heterocycles. The summed E-state index contributed by atoms with van der Waals surface area (Å²) in [4.78, 5) is 0. The Bertz CT molecular complexity index is 223. The molecule has 1 heterocycles. The van der Waals surface area contributed by atoms with Gasteiger partial charge in [-0.2, -0.15) is 0 Å².